The van der Waals surface area contributed by atoms with Gasteiger partial charge < -0.3 is 9.64 Å². The fourth-order valence-electron chi connectivity index (χ4n) is 1.81. The number of benzene rings is 1. The Balaban J connectivity index is 3.00. The Kier molecular flexibility index (Phi) is 4.83. The van der Waals surface area contributed by atoms with Gasteiger partial charge in [0.15, 0.2) is 0 Å². The van der Waals surface area contributed by atoms with E-state index in [-0.39, 0.29) is 17.6 Å². The Morgan fingerprint density at radius 3 is 2.55 bits per heavy atom. The molecule has 6 heteroatoms. The highest BCUT2D eigenvalue weighted by Crippen LogP contribution is 2.25. The Bertz CT molecular complexity index is 514. The molecule has 1 atom stereocenters. The zero-order valence-corrected chi connectivity index (χ0v) is 12.4. The first-order valence-electron chi connectivity index (χ1n) is 6.27. The van der Waals surface area contributed by atoms with E-state index in [0.29, 0.717) is 5.56 Å². The molecule has 1 aromatic carbocycles. The molecule has 1 unspecified atom stereocenters. The largest absolute Gasteiger partial charge is 0.369 e. The topological polar surface area (TPSA) is 72.7 Å². The molecule has 0 bridgehead atoms. The molecule has 1 rings (SSSR count). The molecule has 0 aromatic heterocycles. The number of ether oxygens (including phenoxy) is 1. The van der Waals surface area contributed by atoms with Gasteiger partial charge in [-0.3, -0.25) is 14.9 Å². The molecule has 0 heterocycles. The van der Waals surface area contributed by atoms with Crippen molar-refractivity contribution in [2.24, 2.45) is 0 Å². The second-order valence-corrected chi connectivity index (χ2v) is 5.16. The van der Waals surface area contributed by atoms with E-state index in [1.807, 2.05) is 6.92 Å². The number of nitrogens with zero attached hydrogens (tertiary/aromatic N) is 2. The summed E-state index contributed by atoms with van der Waals surface area (Å²) in [5.74, 6) is -0.181. The van der Waals surface area contributed by atoms with Crippen LogP contribution in [-0.2, 0) is 9.53 Å². The van der Waals surface area contributed by atoms with Crippen LogP contribution in [0.5, 0.6) is 0 Å². The summed E-state index contributed by atoms with van der Waals surface area (Å²) < 4.78 is 5.17. The molecular formula is C14H20N2O4. The van der Waals surface area contributed by atoms with Crippen molar-refractivity contribution in [2.45, 2.75) is 32.4 Å². The van der Waals surface area contributed by atoms with E-state index in [2.05, 4.69) is 0 Å². The predicted molar refractivity (Wildman–Crippen MR) is 75.4 cm³/mol. The van der Waals surface area contributed by atoms with Crippen LogP contribution in [0, 0.1) is 10.1 Å². The van der Waals surface area contributed by atoms with Crippen LogP contribution in [0.1, 0.15) is 32.4 Å². The van der Waals surface area contributed by atoms with E-state index >= 15 is 0 Å². The van der Waals surface area contributed by atoms with Crippen LogP contribution < -0.4 is 0 Å². The maximum atomic E-state index is 12.3. The van der Waals surface area contributed by atoms with E-state index in [4.69, 9.17) is 4.74 Å². The normalized spacial score (nSPS) is 12.8. The third-order valence-electron chi connectivity index (χ3n) is 3.49. The lowest BCUT2D eigenvalue weighted by Crippen LogP contribution is -2.45. The predicted octanol–water partition coefficient (Wildman–Crippen LogP) is 2.54. The number of nitro groups is 1. The number of carbonyl (C=O) groups excluding carboxylic acids is 1. The van der Waals surface area contributed by atoms with Crippen LogP contribution in [0.25, 0.3) is 0 Å². The van der Waals surface area contributed by atoms with Crippen molar-refractivity contribution in [3.63, 3.8) is 0 Å². The van der Waals surface area contributed by atoms with Crippen LogP contribution in [-0.4, -0.2) is 35.5 Å². The van der Waals surface area contributed by atoms with Gasteiger partial charge in [0, 0.05) is 26.3 Å². The maximum Gasteiger partial charge on any atom is 0.269 e. The average molecular weight is 280 g/mol. The molecule has 0 spiro atoms. The number of methoxy groups -OCH3 is 1. The van der Waals surface area contributed by atoms with E-state index in [1.54, 1.807) is 33.0 Å². The van der Waals surface area contributed by atoms with Crippen molar-refractivity contribution >= 4 is 11.6 Å². The Morgan fingerprint density at radius 1 is 1.45 bits per heavy atom. The van der Waals surface area contributed by atoms with Crippen LogP contribution in [0.2, 0.25) is 0 Å². The summed E-state index contributed by atoms with van der Waals surface area (Å²) in [5, 5.41) is 10.8. The summed E-state index contributed by atoms with van der Waals surface area (Å²) in [5.41, 5.74) is -0.202. The lowest BCUT2D eigenvalue weighted by atomic mass is 10.0. The summed E-state index contributed by atoms with van der Waals surface area (Å²) in [6, 6.07) is 6.01. The van der Waals surface area contributed by atoms with Crippen LogP contribution in [0.15, 0.2) is 24.3 Å². The highest BCUT2D eigenvalue weighted by molar-refractivity contribution is 5.84. The van der Waals surface area contributed by atoms with E-state index in [1.165, 1.54) is 24.1 Å². The molecule has 0 saturated carbocycles. The molecule has 110 valence electrons. The Morgan fingerprint density at radius 2 is 2.05 bits per heavy atom. The first-order valence-corrected chi connectivity index (χ1v) is 6.27. The molecule has 0 radical (unpaired) electrons. The molecule has 0 aliphatic carbocycles. The van der Waals surface area contributed by atoms with Gasteiger partial charge in [0.2, 0.25) is 0 Å². The fraction of sp³-hybridized carbons (Fsp3) is 0.500. The Hall–Kier alpha value is -1.95. The van der Waals surface area contributed by atoms with E-state index in [9.17, 15) is 14.9 Å². The molecule has 0 saturated heterocycles. The molecular weight excluding hydrogens is 260 g/mol. The van der Waals surface area contributed by atoms with Gasteiger partial charge in [-0.05, 0) is 26.3 Å². The van der Waals surface area contributed by atoms with Crippen molar-refractivity contribution in [2.75, 3.05) is 14.2 Å². The third-order valence-corrected chi connectivity index (χ3v) is 3.49. The zero-order chi connectivity index (χ0) is 15.5. The highest BCUT2D eigenvalue weighted by Gasteiger charge is 2.32. The lowest BCUT2D eigenvalue weighted by Gasteiger charge is -2.32. The van der Waals surface area contributed by atoms with Gasteiger partial charge >= 0.3 is 0 Å². The standard InChI is InChI=1S/C14H20N2O4/c1-10(15(4)13(17)14(2,3)20-5)11-7-6-8-12(9-11)16(18)19/h6-10H,1-5H3. The van der Waals surface area contributed by atoms with Crippen molar-refractivity contribution in [1.29, 1.82) is 0 Å². The summed E-state index contributed by atoms with van der Waals surface area (Å²) in [4.78, 5) is 24.2. The summed E-state index contributed by atoms with van der Waals surface area (Å²) >= 11 is 0. The van der Waals surface area contributed by atoms with Gasteiger partial charge in [0.05, 0.1) is 11.0 Å². The van der Waals surface area contributed by atoms with Gasteiger partial charge in [-0.25, -0.2) is 0 Å². The first-order chi connectivity index (χ1) is 9.20. The molecule has 0 N–H and O–H groups in total. The number of likely N-dealkylation sites (N-methyl/N-ethyl adjacent to an activating group) is 1. The molecule has 1 amide bonds. The minimum Gasteiger partial charge on any atom is -0.369 e. The maximum absolute atomic E-state index is 12.3. The number of carbonyl (C=O) groups is 1. The molecule has 0 fully saturated rings. The van der Waals surface area contributed by atoms with Crippen molar-refractivity contribution in [1.82, 2.24) is 4.90 Å². The minimum atomic E-state index is -0.927. The number of nitro benzene ring substituents is 1. The summed E-state index contributed by atoms with van der Waals surface area (Å²) in [7, 11) is 3.14. The quantitative estimate of drug-likeness (QED) is 0.613. The zero-order valence-electron chi connectivity index (χ0n) is 12.4. The smallest absolute Gasteiger partial charge is 0.269 e. The second-order valence-electron chi connectivity index (χ2n) is 5.16. The van der Waals surface area contributed by atoms with E-state index < -0.39 is 10.5 Å². The van der Waals surface area contributed by atoms with Gasteiger partial charge in [-0.1, -0.05) is 12.1 Å². The number of hydrogen-bond donors (Lipinski definition) is 0. The minimum absolute atomic E-state index is 0.0150. The lowest BCUT2D eigenvalue weighted by molar-refractivity contribution is -0.384. The Labute approximate surface area is 118 Å². The molecule has 6 nitrogen and oxygen atoms in total. The fourth-order valence-corrected chi connectivity index (χ4v) is 1.81. The number of hydrogen-bond acceptors (Lipinski definition) is 4. The molecule has 0 aliphatic heterocycles. The van der Waals surface area contributed by atoms with E-state index in [0.717, 1.165) is 0 Å². The highest BCUT2D eigenvalue weighted by atomic mass is 16.6. The monoisotopic (exact) mass is 280 g/mol. The summed E-state index contributed by atoms with van der Waals surface area (Å²) in [6.07, 6.45) is 0. The first kappa shape index (κ1) is 16.1. The van der Waals surface area contributed by atoms with Crippen LogP contribution in [0.3, 0.4) is 0 Å². The van der Waals surface area contributed by atoms with Crippen LogP contribution >= 0.6 is 0 Å². The van der Waals surface area contributed by atoms with Crippen molar-refractivity contribution < 1.29 is 14.5 Å². The molecule has 20 heavy (non-hydrogen) atoms. The molecule has 1 aromatic rings. The van der Waals surface area contributed by atoms with Gasteiger partial charge in [-0.2, -0.15) is 0 Å². The van der Waals surface area contributed by atoms with Gasteiger partial charge in [0.25, 0.3) is 11.6 Å². The van der Waals surface area contributed by atoms with Crippen LogP contribution in [0.4, 0.5) is 5.69 Å². The molecule has 0 aliphatic rings. The van der Waals surface area contributed by atoms with Crippen molar-refractivity contribution in [3.05, 3.63) is 39.9 Å². The third kappa shape index (κ3) is 3.33. The average Bonchev–Trinajstić information content (AvgIpc) is 2.44. The summed E-state index contributed by atoms with van der Waals surface area (Å²) in [6.45, 7) is 5.20. The number of non-ortho nitro benzene ring substituents is 1. The number of rotatable bonds is 5. The number of amides is 1. The van der Waals surface area contributed by atoms with Gasteiger partial charge in [-0.15, -0.1) is 0 Å². The van der Waals surface area contributed by atoms with Gasteiger partial charge in [0.1, 0.15) is 5.60 Å². The SMILES string of the molecule is COC(C)(C)C(=O)N(C)C(C)c1cccc([N+](=O)[O-])c1. The van der Waals surface area contributed by atoms with Crippen molar-refractivity contribution in [3.8, 4) is 0 Å². The second kappa shape index (κ2) is 6.00.